The molecule has 0 fully saturated rings. The Kier molecular flexibility index (Phi) is 8.22. The average molecular weight is 443 g/mol. The fourth-order valence-electron chi connectivity index (χ4n) is 2.64. The highest BCUT2D eigenvalue weighted by atomic mass is 32.2. The van der Waals surface area contributed by atoms with Crippen molar-refractivity contribution in [3.8, 4) is 0 Å². The zero-order chi connectivity index (χ0) is 21.2. The van der Waals surface area contributed by atoms with Crippen molar-refractivity contribution in [1.29, 1.82) is 0 Å². The second-order valence-electron chi connectivity index (χ2n) is 6.45. The van der Waals surface area contributed by atoms with Gasteiger partial charge in [-0.15, -0.1) is 11.3 Å². The minimum Gasteiger partial charge on any atom is -0.355 e. The Hall–Kier alpha value is -2.91. The van der Waals surface area contributed by atoms with Crippen molar-refractivity contribution in [1.82, 2.24) is 20.6 Å². The van der Waals surface area contributed by atoms with Crippen LogP contribution in [0.25, 0.3) is 0 Å². The SMILES string of the molecule is O=C(CSc1nc(CC(=O)NCc2cccs2)cc(=O)[nH]1)NCCc1ccccc1. The third kappa shape index (κ3) is 7.49. The van der Waals surface area contributed by atoms with E-state index in [1.165, 1.54) is 6.07 Å². The number of thiophene rings is 1. The second kappa shape index (κ2) is 11.3. The lowest BCUT2D eigenvalue weighted by Crippen LogP contribution is -2.27. The molecule has 0 aliphatic rings. The van der Waals surface area contributed by atoms with E-state index in [9.17, 15) is 14.4 Å². The van der Waals surface area contributed by atoms with Crippen LogP contribution in [0.4, 0.5) is 0 Å². The number of nitrogens with one attached hydrogen (secondary N) is 3. The fourth-order valence-corrected chi connectivity index (χ4v) is 4.01. The highest BCUT2D eigenvalue weighted by Gasteiger charge is 2.10. The molecule has 156 valence electrons. The molecule has 0 aliphatic heterocycles. The van der Waals surface area contributed by atoms with E-state index in [4.69, 9.17) is 0 Å². The van der Waals surface area contributed by atoms with Crippen LogP contribution in [0.1, 0.15) is 16.1 Å². The number of carbonyl (C=O) groups excluding carboxylic acids is 2. The molecule has 0 spiro atoms. The number of carbonyl (C=O) groups is 2. The topological polar surface area (TPSA) is 104 Å². The quantitative estimate of drug-likeness (QED) is 0.330. The third-order valence-electron chi connectivity index (χ3n) is 4.07. The van der Waals surface area contributed by atoms with Crippen molar-refractivity contribution in [2.24, 2.45) is 0 Å². The van der Waals surface area contributed by atoms with Crippen molar-refractivity contribution < 1.29 is 9.59 Å². The zero-order valence-electron chi connectivity index (χ0n) is 16.2. The normalized spacial score (nSPS) is 10.5. The standard InChI is InChI=1S/C21H22N4O3S2/c26-18(23-13-17-7-4-10-29-17)11-16-12-19(27)25-21(24-16)30-14-20(28)22-9-8-15-5-2-1-3-6-15/h1-7,10,12H,8-9,11,13-14H2,(H,22,28)(H,23,26)(H,24,25,27). The fraction of sp³-hybridized carbons (Fsp3) is 0.238. The van der Waals surface area contributed by atoms with Gasteiger partial charge in [-0.1, -0.05) is 48.2 Å². The molecule has 3 N–H and O–H groups in total. The summed E-state index contributed by atoms with van der Waals surface area (Å²) >= 11 is 2.70. The van der Waals surface area contributed by atoms with E-state index < -0.39 is 0 Å². The van der Waals surface area contributed by atoms with Gasteiger partial charge in [-0.25, -0.2) is 4.98 Å². The van der Waals surface area contributed by atoms with Gasteiger partial charge in [-0.2, -0.15) is 0 Å². The van der Waals surface area contributed by atoms with E-state index in [2.05, 4.69) is 20.6 Å². The lowest BCUT2D eigenvalue weighted by Gasteiger charge is -2.07. The lowest BCUT2D eigenvalue weighted by molar-refractivity contribution is -0.120. The van der Waals surface area contributed by atoms with Crippen LogP contribution >= 0.6 is 23.1 Å². The maximum absolute atomic E-state index is 12.1. The molecule has 0 radical (unpaired) electrons. The van der Waals surface area contributed by atoms with Crippen LogP contribution < -0.4 is 16.2 Å². The van der Waals surface area contributed by atoms with Crippen LogP contribution in [0.3, 0.4) is 0 Å². The maximum Gasteiger partial charge on any atom is 0.251 e. The number of hydrogen-bond acceptors (Lipinski definition) is 6. The Morgan fingerprint density at radius 3 is 2.67 bits per heavy atom. The number of hydrogen-bond donors (Lipinski definition) is 3. The molecule has 2 heterocycles. The summed E-state index contributed by atoms with van der Waals surface area (Å²) in [4.78, 5) is 43.9. The number of rotatable bonds is 10. The van der Waals surface area contributed by atoms with E-state index in [0.29, 0.717) is 23.9 Å². The van der Waals surface area contributed by atoms with Gasteiger partial charge in [0.1, 0.15) is 0 Å². The van der Waals surface area contributed by atoms with Gasteiger partial charge in [0, 0.05) is 17.5 Å². The Morgan fingerprint density at radius 1 is 1.07 bits per heavy atom. The number of nitrogens with zero attached hydrogens (tertiary/aromatic N) is 1. The van der Waals surface area contributed by atoms with Gasteiger partial charge in [0.25, 0.3) is 5.56 Å². The first-order valence-electron chi connectivity index (χ1n) is 9.41. The molecule has 1 aromatic carbocycles. The molecule has 2 aromatic heterocycles. The largest absolute Gasteiger partial charge is 0.355 e. The van der Waals surface area contributed by atoms with Crippen LogP contribution in [0.15, 0.2) is 63.9 Å². The van der Waals surface area contributed by atoms with Gasteiger partial charge >= 0.3 is 0 Å². The summed E-state index contributed by atoms with van der Waals surface area (Å²) in [5.74, 6) is -0.222. The van der Waals surface area contributed by atoms with E-state index in [-0.39, 0.29) is 29.5 Å². The maximum atomic E-state index is 12.1. The number of benzene rings is 1. The summed E-state index contributed by atoms with van der Waals surface area (Å²) in [5.41, 5.74) is 1.17. The Bertz CT molecular complexity index is 1020. The molecule has 3 rings (SSSR count). The lowest BCUT2D eigenvalue weighted by atomic mass is 10.1. The van der Waals surface area contributed by atoms with E-state index >= 15 is 0 Å². The van der Waals surface area contributed by atoms with E-state index in [1.54, 1.807) is 11.3 Å². The van der Waals surface area contributed by atoms with Gasteiger partial charge in [0.15, 0.2) is 5.16 Å². The first-order chi connectivity index (χ1) is 14.6. The van der Waals surface area contributed by atoms with Crippen LogP contribution in [0.2, 0.25) is 0 Å². The predicted octanol–water partition coefficient (Wildman–Crippen LogP) is 2.14. The van der Waals surface area contributed by atoms with Gasteiger partial charge < -0.3 is 15.6 Å². The zero-order valence-corrected chi connectivity index (χ0v) is 17.9. The van der Waals surface area contributed by atoms with E-state index in [0.717, 1.165) is 28.6 Å². The number of H-pyrrole nitrogens is 1. The van der Waals surface area contributed by atoms with Crippen molar-refractivity contribution in [2.45, 2.75) is 24.5 Å². The van der Waals surface area contributed by atoms with Crippen molar-refractivity contribution in [3.05, 3.63) is 80.4 Å². The minimum absolute atomic E-state index is 0.00608. The highest BCUT2D eigenvalue weighted by Crippen LogP contribution is 2.11. The first kappa shape index (κ1) is 21.8. The van der Waals surface area contributed by atoms with Gasteiger partial charge in [0.05, 0.1) is 24.4 Å². The van der Waals surface area contributed by atoms with Gasteiger partial charge in [0.2, 0.25) is 11.8 Å². The molecule has 3 aromatic rings. The smallest absolute Gasteiger partial charge is 0.251 e. The summed E-state index contributed by atoms with van der Waals surface area (Å²) in [6.45, 7) is 0.988. The molecular weight excluding hydrogens is 420 g/mol. The molecule has 7 nitrogen and oxygen atoms in total. The van der Waals surface area contributed by atoms with Gasteiger partial charge in [-0.05, 0) is 23.4 Å². The van der Waals surface area contributed by atoms with Crippen molar-refractivity contribution >= 4 is 34.9 Å². The molecular formula is C21H22N4O3S2. The summed E-state index contributed by atoms with van der Waals surface area (Å²) < 4.78 is 0. The summed E-state index contributed by atoms with van der Waals surface area (Å²) in [6, 6.07) is 15.1. The number of amides is 2. The molecule has 0 bridgehead atoms. The van der Waals surface area contributed by atoms with Crippen molar-refractivity contribution in [3.63, 3.8) is 0 Å². The molecule has 30 heavy (non-hydrogen) atoms. The van der Waals surface area contributed by atoms with Crippen LogP contribution in [0, 0.1) is 0 Å². The molecule has 0 unspecified atom stereocenters. The molecule has 9 heteroatoms. The van der Waals surface area contributed by atoms with Crippen LogP contribution in [-0.2, 0) is 29.0 Å². The first-order valence-corrected chi connectivity index (χ1v) is 11.3. The highest BCUT2D eigenvalue weighted by molar-refractivity contribution is 7.99. The molecule has 2 amide bonds. The van der Waals surface area contributed by atoms with Crippen molar-refractivity contribution in [2.75, 3.05) is 12.3 Å². The Balaban J connectivity index is 1.44. The molecule has 0 saturated heterocycles. The summed E-state index contributed by atoms with van der Waals surface area (Å²) in [5, 5.41) is 7.92. The average Bonchev–Trinajstić information content (AvgIpc) is 3.25. The van der Waals surface area contributed by atoms with Gasteiger partial charge in [-0.3, -0.25) is 14.4 Å². The molecule has 0 aliphatic carbocycles. The minimum atomic E-state index is -0.349. The second-order valence-corrected chi connectivity index (χ2v) is 8.45. The summed E-state index contributed by atoms with van der Waals surface area (Å²) in [6.07, 6.45) is 0.758. The van der Waals surface area contributed by atoms with Crippen LogP contribution in [-0.4, -0.2) is 34.1 Å². The Labute approximate surface area is 182 Å². The predicted molar refractivity (Wildman–Crippen MR) is 119 cm³/mol. The summed E-state index contributed by atoms with van der Waals surface area (Å²) in [7, 11) is 0. The molecule has 0 saturated carbocycles. The Morgan fingerprint density at radius 2 is 1.90 bits per heavy atom. The monoisotopic (exact) mass is 442 g/mol. The third-order valence-corrected chi connectivity index (χ3v) is 5.82. The number of aromatic nitrogens is 2. The number of aromatic amines is 1. The van der Waals surface area contributed by atoms with Crippen LogP contribution in [0.5, 0.6) is 0 Å². The van der Waals surface area contributed by atoms with E-state index in [1.807, 2.05) is 47.8 Å². The number of thioether (sulfide) groups is 1. The molecule has 0 atom stereocenters.